The summed E-state index contributed by atoms with van der Waals surface area (Å²) in [6.45, 7) is 12.0. The van der Waals surface area contributed by atoms with Gasteiger partial charge in [-0.1, -0.05) is 0 Å². The Balaban J connectivity index is 1.92. The average Bonchev–Trinajstić information content (AvgIpc) is 2.69. The first-order chi connectivity index (χ1) is 8.94. The van der Waals surface area contributed by atoms with Gasteiger partial charge in [0, 0.05) is 42.8 Å². The van der Waals surface area contributed by atoms with Gasteiger partial charge in [-0.2, -0.15) is 0 Å². The summed E-state index contributed by atoms with van der Waals surface area (Å²) in [5.74, 6) is 0. The molecule has 0 unspecified atom stereocenters. The third-order valence-electron chi connectivity index (χ3n) is 3.32. The van der Waals surface area contributed by atoms with Gasteiger partial charge < -0.3 is 15.1 Å². The van der Waals surface area contributed by atoms with Crippen LogP contribution in [-0.4, -0.2) is 48.6 Å². The molecule has 0 spiro atoms. The summed E-state index contributed by atoms with van der Waals surface area (Å²) in [7, 11) is 2.20. The van der Waals surface area contributed by atoms with E-state index in [0.29, 0.717) is 0 Å². The molecule has 0 atom stereocenters. The fraction of sp³-hybridized carbons (Fsp3) is 0.786. The molecule has 0 saturated carbocycles. The standard InChI is InChI=1S/C14H26N4S/c1-14(2,3)16-11-12-10-15-13(19-12)18-7-5-6-17(4)8-9-18/h10,16H,5-9,11H2,1-4H3. The third-order valence-corrected chi connectivity index (χ3v) is 4.38. The fourth-order valence-electron chi connectivity index (χ4n) is 2.12. The molecule has 2 heterocycles. The zero-order valence-electron chi connectivity index (χ0n) is 12.6. The van der Waals surface area contributed by atoms with E-state index in [4.69, 9.17) is 0 Å². The number of aromatic nitrogens is 1. The Morgan fingerprint density at radius 2 is 2.05 bits per heavy atom. The lowest BCUT2D eigenvalue weighted by atomic mass is 10.1. The van der Waals surface area contributed by atoms with Gasteiger partial charge >= 0.3 is 0 Å². The lowest BCUT2D eigenvalue weighted by Gasteiger charge is -2.20. The van der Waals surface area contributed by atoms with Crippen LogP contribution >= 0.6 is 11.3 Å². The van der Waals surface area contributed by atoms with Crippen LogP contribution < -0.4 is 10.2 Å². The largest absolute Gasteiger partial charge is 0.347 e. The van der Waals surface area contributed by atoms with E-state index in [0.717, 1.165) is 26.2 Å². The molecule has 2 rings (SSSR count). The van der Waals surface area contributed by atoms with Crippen molar-refractivity contribution >= 4 is 16.5 Å². The number of likely N-dealkylation sites (N-methyl/N-ethyl adjacent to an activating group) is 1. The van der Waals surface area contributed by atoms with Crippen molar-refractivity contribution in [1.82, 2.24) is 15.2 Å². The number of nitrogens with zero attached hydrogens (tertiary/aromatic N) is 3. The Bertz CT molecular complexity index is 396. The molecule has 1 aromatic heterocycles. The first-order valence-corrected chi connectivity index (χ1v) is 7.89. The maximum absolute atomic E-state index is 4.59. The van der Waals surface area contributed by atoms with Crippen LogP contribution in [0.1, 0.15) is 32.1 Å². The molecule has 1 fully saturated rings. The smallest absolute Gasteiger partial charge is 0.185 e. The molecule has 1 saturated heterocycles. The Morgan fingerprint density at radius 3 is 2.79 bits per heavy atom. The van der Waals surface area contributed by atoms with Crippen molar-refractivity contribution in [3.05, 3.63) is 11.1 Å². The van der Waals surface area contributed by atoms with Gasteiger partial charge in [-0.05, 0) is 40.8 Å². The first-order valence-electron chi connectivity index (χ1n) is 7.07. The maximum Gasteiger partial charge on any atom is 0.185 e. The van der Waals surface area contributed by atoms with Crippen LogP contribution in [0.3, 0.4) is 0 Å². The average molecular weight is 282 g/mol. The highest BCUT2D eigenvalue weighted by molar-refractivity contribution is 7.15. The van der Waals surface area contributed by atoms with Crippen LogP contribution in [0.2, 0.25) is 0 Å². The summed E-state index contributed by atoms with van der Waals surface area (Å²) in [4.78, 5) is 10.7. The third kappa shape index (κ3) is 4.75. The lowest BCUT2D eigenvalue weighted by Crippen LogP contribution is -2.34. The van der Waals surface area contributed by atoms with Crippen LogP contribution in [-0.2, 0) is 6.54 Å². The lowest BCUT2D eigenvalue weighted by molar-refractivity contribution is 0.360. The van der Waals surface area contributed by atoms with Gasteiger partial charge in [0.15, 0.2) is 5.13 Å². The van der Waals surface area contributed by atoms with E-state index in [1.54, 1.807) is 0 Å². The van der Waals surface area contributed by atoms with Gasteiger partial charge in [-0.15, -0.1) is 11.3 Å². The van der Waals surface area contributed by atoms with E-state index in [-0.39, 0.29) is 5.54 Å². The molecule has 0 aromatic carbocycles. The SMILES string of the molecule is CN1CCCN(c2ncc(CNC(C)(C)C)s2)CC1. The minimum absolute atomic E-state index is 0.162. The topological polar surface area (TPSA) is 31.4 Å². The highest BCUT2D eigenvalue weighted by Gasteiger charge is 2.16. The second-order valence-electron chi connectivity index (χ2n) is 6.36. The molecular weight excluding hydrogens is 256 g/mol. The molecule has 4 nitrogen and oxygen atoms in total. The van der Waals surface area contributed by atoms with E-state index in [1.165, 1.54) is 23.0 Å². The Kier molecular flexibility index (Phi) is 4.81. The zero-order valence-corrected chi connectivity index (χ0v) is 13.4. The zero-order chi connectivity index (χ0) is 13.9. The van der Waals surface area contributed by atoms with Crippen molar-refractivity contribution in [3.8, 4) is 0 Å². The normalized spacial score (nSPS) is 18.6. The van der Waals surface area contributed by atoms with Crippen molar-refractivity contribution in [2.75, 3.05) is 38.1 Å². The summed E-state index contributed by atoms with van der Waals surface area (Å²) >= 11 is 1.82. The molecular formula is C14H26N4S. The van der Waals surface area contributed by atoms with Gasteiger partial charge in [0.05, 0.1) is 0 Å². The van der Waals surface area contributed by atoms with E-state index in [2.05, 4.69) is 47.9 Å². The van der Waals surface area contributed by atoms with Crippen molar-refractivity contribution in [2.45, 2.75) is 39.3 Å². The number of hydrogen-bond acceptors (Lipinski definition) is 5. The van der Waals surface area contributed by atoms with E-state index < -0.39 is 0 Å². The second-order valence-corrected chi connectivity index (χ2v) is 7.45. The van der Waals surface area contributed by atoms with Crippen molar-refractivity contribution in [3.63, 3.8) is 0 Å². The molecule has 5 heteroatoms. The molecule has 1 aliphatic rings. The first kappa shape index (κ1) is 14.8. The number of thiazole rings is 1. The van der Waals surface area contributed by atoms with E-state index in [9.17, 15) is 0 Å². The van der Waals surface area contributed by atoms with Gasteiger partial charge in [0.2, 0.25) is 0 Å². The molecule has 0 amide bonds. The van der Waals surface area contributed by atoms with Gasteiger partial charge in [-0.25, -0.2) is 4.98 Å². The van der Waals surface area contributed by atoms with Crippen LogP contribution in [0, 0.1) is 0 Å². The quantitative estimate of drug-likeness (QED) is 0.921. The van der Waals surface area contributed by atoms with Gasteiger partial charge in [0.1, 0.15) is 0 Å². The minimum atomic E-state index is 0.162. The van der Waals surface area contributed by atoms with Gasteiger partial charge in [0.25, 0.3) is 0 Å². The van der Waals surface area contributed by atoms with Crippen LogP contribution in [0.15, 0.2) is 6.20 Å². The number of hydrogen-bond donors (Lipinski definition) is 1. The molecule has 19 heavy (non-hydrogen) atoms. The highest BCUT2D eigenvalue weighted by atomic mass is 32.1. The molecule has 1 N–H and O–H groups in total. The van der Waals surface area contributed by atoms with Crippen LogP contribution in [0.5, 0.6) is 0 Å². The Hall–Kier alpha value is -0.650. The molecule has 0 radical (unpaired) electrons. The van der Waals surface area contributed by atoms with Crippen LogP contribution in [0.25, 0.3) is 0 Å². The van der Waals surface area contributed by atoms with Crippen molar-refractivity contribution in [2.24, 2.45) is 0 Å². The molecule has 1 aromatic rings. The predicted molar refractivity (Wildman–Crippen MR) is 83.0 cm³/mol. The monoisotopic (exact) mass is 282 g/mol. The Labute approximate surface area is 120 Å². The second kappa shape index (κ2) is 6.20. The predicted octanol–water partition coefficient (Wildman–Crippen LogP) is 2.17. The molecule has 108 valence electrons. The van der Waals surface area contributed by atoms with Crippen LogP contribution in [0.4, 0.5) is 5.13 Å². The summed E-state index contributed by atoms with van der Waals surface area (Å²) in [6.07, 6.45) is 3.25. The van der Waals surface area contributed by atoms with Crippen molar-refractivity contribution in [1.29, 1.82) is 0 Å². The maximum atomic E-state index is 4.59. The van der Waals surface area contributed by atoms with Gasteiger partial charge in [-0.3, -0.25) is 0 Å². The number of nitrogens with one attached hydrogen (secondary N) is 1. The summed E-state index contributed by atoms with van der Waals surface area (Å²) in [5, 5.41) is 4.70. The highest BCUT2D eigenvalue weighted by Crippen LogP contribution is 2.23. The van der Waals surface area contributed by atoms with E-state index in [1.807, 2.05) is 17.5 Å². The minimum Gasteiger partial charge on any atom is -0.347 e. The number of anilines is 1. The fourth-order valence-corrected chi connectivity index (χ4v) is 3.02. The Morgan fingerprint density at radius 1 is 1.26 bits per heavy atom. The summed E-state index contributed by atoms with van der Waals surface area (Å²) in [5.41, 5.74) is 0.162. The number of rotatable bonds is 3. The molecule has 1 aliphatic heterocycles. The molecule has 0 aliphatic carbocycles. The van der Waals surface area contributed by atoms with Crippen molar-refractivity contribution < 1.29 is 0 Å². The molecule has 0 bridgehead atoms. The summed E-state index contributed by atoms with van der Waals surface area (Å²) in [6, 6.07) is 0. The summed E-state index contributed by atoms with van der Waals surface area (Å²) < 4.78 is 0. The van der Waals surface area contributed by atoms with E-state index >= 15 is 0 Å².